The highest BCUT2D eigenvalue weighted by molar-refractivity contribution is 7.98. The summed E-state index contributed by atoms with van der Waals surface area (Å²) in [5, 5.41) is 3.69. The third-order valence-corrected chi connectivity index (χ3v) is 5.07. The molecular weight excluding hydrogens is 378 g/mol. The van der Waals surface area contributed by atoms with Gasteiger partial charge in [-0.25, -0.2) is 0 Å². The van der Waals surface area contributed by atoms with Gasteiger partial charge in [-0.1, -0.05) is 48.0 Å². The normalized spacial score (nSPS) is 10.4. The van der Waals surface area contributed by atoms with Gasteiger partial charge in [-0.05, 0) is 48.0 Å². The third kappa shape index (κ3) is 6.35. The maximum Gasteiger partial charge on any atom is 0.251 e. The topological polar surface area (TPSA) is 38.3 Å². The van der Waals surface area contributed by atoms with Crippen LogP contribution in [0.2, 0.25) is 5.02 Å². The van der Waals surface area contributed by atoms with Crippen LogP contribution in [0.3, 0.4) is 0 Å². The molecule has 138 valence electrons. The number of rotatable bonds is 8. The lowest BCUT2D eigenvalue weighted by molar-refractivity contribution is 0.0956. The molecule has 1 N–H and O–H groups in total. The number of benzene rings is 3. The van der Waals surface area contributed by atoms with E-state index in [0.717, 1.165) is 22.3 Å². The van der Waals surface area contributed by atoms with E-state index in [0.29, 0.717) is 17.9 Å². The molecule has 0 aromatic heterocycles. The molecular formula is C22H20ClNO2S. The maximum atomic E-state index is 12.3. The predicted octanol–water partition coefficient (Wildman–Crippen LogP) is 5.80. The summed E-state index contributed by atoms with van der Waals surface area (Å²) in [7, 11) is 0. The van der Waals surface area contributed by atoms with E-state index in [1.54, 1.807) is 23.9 Å². The summed E-state index contributed by atoms with van der Waals surface area (Å²) >= 11 is 7.65. The first-order chi connectivity index (χ1) is 13.2. The average molecular weight is 398 g/mol. The summed E-state index contributed by atoms with van der Waals surface area (Å²) in [4.78, 5) is 12.3. The lowest BCUT2D eigenvalue weighted by Gasteiger charge is -2.08. The van der Waals surface area contributed by atoms with Crippen molar-refractivity contribution in [2.24, 2.45) is 0 Å². The molecule has 3 nitrogen and oxygen atoms in total. The minimum absolute atomic E-state index is 0.0967. The molecule has 0 aliphatic carbocycles. The van der Waals surface area contributed by atoms with Gasteiger partial charge in [-0.3, -0.25) is 4.79 Å². The smallest absolute Gasteiger partial charge is 0.251 e. The lowest BCUT2D eigenvalue weighted by atomic mass is 10.2. The molecule has 0 saturated carbocycles. The molecule has 3 aromatic rings. The van der Waals surface area contributed by atoms with E-state index in [1.165, 1.54) is 5.56 Å². The standard InChI is InChI=1S/C22H20ClNO2S/c23-19-11-9-17(10-12-19)16-27-14-13-24-22(25)18-5-4-8-21(15-18)26-20-6-2-1-3-7-20/h1-12,15H,13-14,16H2,(H,24,25). The molecule has 0 unspecified atom stereocenters. The fourth-order valence-electron chi connectivity index (χ4n) is 2.43. The van der Waals surface area contributed by atoms with Crippen molar-refractivity contribution in [3.8, 4) is 11.5 Å². The zero-order valence-corrected chi connectivity index (χ0v) is 16.3. The van der Waals surface area contributed by atoms with Crippen molar-refractivity contribution in [1.82, 2.24) is 5.32 Å². The van der Waals surface area contributed by atoms with E-state index < -0.39 is 0 Å². The molecule has 0 bridgehead atoms. The van der Waals surface area contributed by atoms with Crippen LogP contribution in [0.15, 0.2) is 78.9 Å². The van der Waals surface area contributed by atoms with E-state index in [2.05, 4.69) is 5.32 Å². The summed E-state index contributed by atoms with van der Waals surface area (Å²) in [6.45, 7) is 0.612. The largest absolute Gasteiger partial charge is 0.457 e. The van der Waals surface area contributed by atoms with Crippen LogP contribution in [0.1, 0.15) is 15.9 Å². The van der Waals surface area contributed by atoms with Crippen LogP contribution in [0.4, 0.5) is 0 Å². The Hall–Kier alpha value is -2.43. The first-order valence-corrected chi connectivity index (χ1v) is 10.2. The Morgan fingerprint density at radius 2 is 1.67 bits per heavy atom. The number of amides is 1. The number of hydrogen-bond acceptors (Lipinski definition) is 3. The van der Waals surface area contributed by atoms with Crippen molar-refractivity contribution in [1.29, 1.82) is 0 Å². The molecule has 0 saturated heterocycles. The Labute approximate surface area is 168 Å². The molecule has 27 heavy (non-hydrogen) atoms. The zero-order chi connectivity index (χ0) is 18.9. The highest BCUT2D eigenvalue weighted by Crippen LogP contribution is 2.21. The minimum Gasteiger partial charge on any atom is -0.457 e. The zero-order valence-electron chi connectivity index (χ0n) is 14.7. The van der Waals surface area contributed by atoms with Gasteiger partial charge in [0.15, 0.2) is 0 Å². The first kappa shape index (κ1) is 19.3. The molecule has 0 aliphatic heterocycles. The number of nitrogens with one attached hydrogen (secondary N) is 1. The summed E-state index contributed by atoms with van der Waals surface area (Å²) < 4.78 is 5.78. The van der Waals surface area contributed by atoms with Crippen LogP contribution in [-0.2, 0) is 5.75 Å². The van der Waals surface area contributed by atoms with Crippen molar-refractivity contribution in [2.75, 3.05) is 12.3 Å². The molecule has 0 radical (unpaired) electrons. The SMILES string of the molecule is O=C(NCCSCc1ccc(Cl)cc1)c1cccc(Oc2ccccc2)c1. The number of para-hydroxylation sites is 1. The summed E-state index contributed by atoms with van der Waals surface area (Å²) in [6.07, 6.45) is 0. The van der Waals surface area contributed by atoms with Gasteiger partial charge in [-0.2, -0.15) is 11.8 Å². The fourth-order valence-corrected chi connectivity index (χ4v) is 3.38. The van der Waals surface area contributed by atoms with Gasteiger partial charge in [0.25, 0.3) is 5.91 Å². The van der Waals surface area contributed by atoms with Crippen LogP contribution < -0.4 is 10.1 Å². The van der Waals surface area contributed by atoms with Crippen molar-refractivity contribution in [3.63, 3.8) is 0 Å². The van der Waals surface area contributed by atoms with Gasteiger partial charge >= 0.3 is 0 Å². The summed E-state index contributed by atoms with van der Waals surface area (Å²) in [5.74, 6) is 3.03. The number of carbonyl (C=O) groups is 1. The molecule has 0 spiro atoms. The Kier molecular flexibility index (Phi) is 7.19. The predicted molar refractivity (Wildman–Crippen MR) is 113 cm³/mol. The van der Waals surface area contributed by atoms with E-state index in [-0.39, 0.29) is 5.91 Å². The highest BCUT2D eigenvalue weighted by Gasteiger charge is 2.07. The quantitative estimate of drug-likeness (QED) is 0.488. The Morgan fingerprint density at radius 1 is 0.926 bits per heavy atom. The molecule has 3 rings (SSSR count). The van der Waals surface area contributed by atoms with Gasteiger partial charge in [-0.15, -0.1) is 0 Å². The Balaban J connectivity index is 1.44. The lowest BCUT2D eigenvalue weighted by Crippen LogP contribution is -2.25. The van der Waals surface area contributed by atoms with Gasteiger partial charge in [0, 0.05) is 28.6 Å². The van der Waals surface area contributed by atoms with Gasteiger partial charge < -0.3 is 10.1 Å². The van der Waals surface area contributed by atoms with Crippen LogP contribution in [0, 0.1) is 0 Å². The fraction of sp³-hybridized carbons (Fsp3) is 0.136. The van der Waals surface area contributed by atoms with E-state index in [1.807, 2.05) is 66.7 Å². The summed E-state index contributed by atoms with van der Waals surface area (Å²) in [5.41, 5.74) is 1.81. The van der Waals surface area contributed by atoms with Crippen molar-refractivity contribution in [3.05, 3.63) is 95.0 Å². The second-order valence-electron chi connectivity index (χ2n) is 5.88. The molecule has 3 aromatic carbocycles. The number of hydrogen-bond donors (Lipinski definition) is 1. The van der Waals surface area contributed by atoms with Gasteiger partial charge in [0.2, 0.25) is 0 Å². The van der Waals surface area contributed by atoms with Gasteiger partial charge in [0.1, 0.15) is 11.5 Å². The molecule has 0 aliphatic rings. The minimum atomic E-state index is -0.0967. The number of thioether (sulfide) groups is 1. The van der Waals surface area contributed by atoms with Gasteiger partial charge in [0.05, 0.1) is 0 Å². The molecule has 5 heteroatoms. The molecule has 0 heterocycles. The first-order valence-electron chi connectivity index (χ1n) is 8.64. The Bertz CT molecular complexity index is 869. The van der Waals surface area contributed by atoms with Crippen LogP contribution >= 0.6 is 23.4 Å². The Morgan fingerprint density at radius 3 is 2.44 bits per heavy atom. The second-order valence-corrected chi connectivity index (χ2v) is 7.42. The van der Waals surface area contributed by atoms with Crippen molar-refractivity contribution < 1.29 is 9.53 Å². The molecule has 1 amide bonds. The average Bonchev–Trinajstić information content (AvgIpc) is 2.70. The highest BCUT2D eigenvalue weighted by atomic mass is 35.5. The van der Waals surface area contributed by atoms with Crippen LogP contribution in [0.25, 0.3) is 0 Å². The molecule has 0 atom stereocenters. The molecule has 0 fully saturated rings. The monoisotopic (exact) mass is 397 g/mol. The second kappa shape index (κ2) is 10.0. The summed E-state index contributed by atoms with van der Waals surface area (Å²) in [6, 6.07) is 24.5. The number of carbonyl (C=O) groups excluding carboxylic acids is 1. The van der Waals surface area contributed by atoms with E-state index in [4.69, 9.17) is 16.3 Å². The number of halogens is 1. The van der Waals surface area contributed by atoms with Crippen LogP contribution in [-0.4, -0.2) is 18.2 Å². The maximum absolute atomic E-state index is 12.3. The van der Waals surface area contributed by atoms with E-state index >= 15 is 0 Å². The van der Waals surface area contributed by atoms with E-state index in [9.17, 15) is 4.79 Å². The third-order valence-electron chi connectivity index (χ3n) is 3.79. The van der Waals surface area contributed by atoms with Crippen LogP contribution in [0.5, 0.6) is 11.5 Å². The van der Waals surface area contributed by atoms with Crippen molar-refractivity contribution >= 4 is 29.3 Å². The van der Waals surface area contributed by atoms with Crippen molar-refractivity contribution in [2.45, 2.75) is 5.75 Å². The number of ether oxygens (including phenoxy) is 1.